The lowest BCUT2D eigenvalue weighted by molar-refractivity contribution is -0.143. The highest BCUT2D eigenvalue weighted by Crippen LogP contribution is 2.33. The van der Waals surface area contributed by atoms with Crippen LogP contribution in [0.3, 0.4) is 0 Å². The number of hydrogen-bond acceptors (Lipinski definition) is 7. The van der Waals surface area contributed by atoms with Gasteiger partial charge in [-0.15, -0.1) is 0 Å². The average Bonchev–Trinajstić information content (AvgIpc) is 2.83. The van der Waals surface area contributed by atoms with E-state index in [0.717, 1.165) is 0 Å². The lowest BCUT2D eigenvalue weighted by Gasteiger charge is -2.36. The van der Waals surface area contributed by atoms with Crippen molar-refractivity contribution in [3.63, 3.8) is 0 Å². The Bertz CT molecular complexity index is 1000. The number of carbonyl (C=O) groups excluding carboxylic acids is 2. The first kappa shape index (κ1) is 20.4. The van der Waals surface area contributed by atoms with Gasteiger partial charge in [0.25, 0.3) is 5.91 Å². The molecule has 9 heteroatoms. The van der Waals surface area contributed by atoms with Gasteiger partial charge in [0.1, 0.15) is 19.8 Å². The highest BCUT2D eigenvalue weighted by molar-refractivity contribution is 5.92. The van der Waals surface area contributed by atoms with Gasteiger partial charge in [0.05, 0.1) is 6.54 Å². The molecule has 0 aliphatic carbocycles. The van der Waals surface area contributed by atoms with Crippen LogP contribution < -0.4 is 24.3 Å². The molecule has 3 aliphatic rings. The number of ether oxygens (including phenoxy) is 4. The lowest BCUT2D eigenvalue weighted by atomic mass is 10.2. The van der Waals surface area contributed by atoms with Crippen molar-refractivity contribution in [3.05, 3.63) is 42.5 Å². The summed E-state index contributed by atoms with van der Waals surface area (Å²) in [6.07, 6.45) is -0.644. The SMILES string of the molecule is O=C(CN1CCN(C(=O)C2COc3ccccc3O2)CC1)Nc1ccc2c(c1)OCCO2. The molecule has 1 unspecified atom stereocenters. The Morgan fingerprint density at radius 2 is 1.59 bits per heavy atom. The first-order valence-electron chi connectivity index (χ1n) is 10.7. The number of hydrogen-bond donors (Lipinski definition) is 1. The van der Waals surface area contributed by atoms with Gasteiger partial charge in [-0.2, -0.15) is 0 Å². The summed E-state index contributed by atoms with van der Waals surface area (Å²) in [5.41, 5.74) is 0.669. The Hall–Kier alpha value is -3.46. The molecule has 5 rings (SSSR count). The standard InChI is InChI=1S/C23H25N3O6/c27-22(24-16-5-6-18-20(13-16)30-12-11-29-18)14-25-7-9-26(10-8-25)23(28)21-15-31-17-3-1-2-4-19(17)32-21/h1-6,13,21H,7-12,14-15H2,(H,24,27). The van der Waals surface area contributed by atoms with Crippen molar-refractivity contribution in [3.8, 4) is 23.0 Å². The van der Waals surface area contributed by atoms with Crippen molar-refractivity contribution in [2.24, 2.45) is 0 Å². The first-order chi connectivity index (χ1) is 15.7. The molecule has 9 nitrogen and oxygen atoms in total. The molecule has 1 fully saturated rings. The molecule has 32 heavy (non-hydrogen) atoms. The zero-order valence-corrected chi connectivity index (χ0v) is 17.6. The highest BCUT2D eigenvalue weighted by Gasteiger charge is 2.33. The fourth-order valence-electron chi connectivity index (χ4n) is 4.00. The summed E-state index contributed by atoms with van der Waals surface area (Å²) in [6.45, 7) is 3.80. The molecule has 0 aromatic heterocycles. The topological polar surface area (TPSA) is 89.6 Å². The summed E-state index contributed by atoms with van der Waals surface area (Å²) in [5.74, 6) is 2.38. The van der Waals surface area contributed by atoms with E-state index < -0.39 is 6.10 Å². The minimum Gasteiger partial charge on any atom is -0.486 e. The minimum atomic E-state index is -0.644. The Morgan fingerprint density at radius 3 is 2.41 bits per heavy atom. The van der Waals surface area contributed by atoms with Crippen LogP contribution in [0.25, 0.3) is 0 Å². The lowest BCUT2D eigenvalue weighted by Crippen LogP contribution is -2.54. The van der Waals surface area contributed by atoms with Gasteiger partial charge in [-0.05, 0) is 24.3 Å². The monoisotopic (exact) mass is 439 g/mol. The second kappa shape index (κ2) is 8.96. The van der Waals surface area contributed by atoms with Crippen LogP contribution in [0.2, 0.25) is 0 Å². The van der Waals surface area contributed by atoms with E-state index in [1.165, 1.54) is 0 Å². The van der Waals surface area contributed by atoms with Gasteiger partial charge in [-0.25, -0.2) is 0 Å². The van der Waals surface area contributed by atoms with Crippen molar-refractivity contribution < 1.29 is 28.5 Å². The van der Waals surface area contributed by atoms with Gasteiger partial charge >= 0.3 is 0 Å². The number of para-hydroxylation sites is 2. The number of fused-ring (bicyclic) bond motifs is 2. The third kappa shape index (κ3) is 4.43. The molecule has 2 amide bonds. The van der Waals surface area contributed by atoms with E-state index in [9.17, 15) is 9.59 Å². The van der Waals surface area contributed by atoms with E-state index in [0.29, 0.717) is 68.1 Å². The van der Waals surface area contributed by atoms with Crippen LogP contribution >= 0.6 is 0 Å². The number of anilines is 1. The number of nitrogens with zero attached hydrogens (tertiary/aromatic N) is 2. The average molecular weight is 439 g/mol. The Morgan fingerprint density at radius 1 is 0.875 bits per heavy atom. The van der Waals surface area contributed by atoms with E-state index in [-0.39, 0.29) is 25.0 Å². The van der Waals surface area contributed by atoms with Crippen LogP contribution in [0.1, 0.15) is 0 Å². The predicted molar refractivity (Wildman–Crippen MR) is 115 cm³/mol. The van der Waals surface area contributed by atoms with Gasteiger partial charge in [0.15, 0.2) is 23.0 Å². The van der Waals surface area contributed by atoms with Crippen LogP contribution in [0.15, 0.2) is 42.5 Å². The molecule has 2 aromatic rings. The van der Waals surface area contributed by atoms with Crippen molar-refractivity contribution in [2.75, 3.05) is 57.9 Å². The molecule has 0 radical (unpaired) electrons. The zero-order valence-electron chi connectivity index (χ0n) is 17.6. The third-order valence-corrected chi connectivity index (χ3v) is 5.66. The van der Waals surface area contributed by atoms with Crippen LogP contribution in [0, 0.1) is 0 Å². The van der Waals surface area contributed by atoms with Gasteiger partial charge in [-0.1, -0.05) is 12.1 Å². The van der Waals surface area contributed by atoms with Crippen LogP contribution in [0.5, 0.6) is 23.0 Å². The maximum absolute atomic E-state index is 12.9. The number of carbonyl (C=O) groups is 2. The Labute approximate surface area is 185 Å². The van der Waals surface area contributed by atoms with Gasteiger partial charge < -0.3 is 29.2 Å². The Balaban J connectivity index is 1.09. The molecule has 3 heterocycles. The van der Waals surface area contributed by atoms with E-state index in [1.54, 1.807) is 29.2 Å². The molecule has 1 atom stereocenters. The van der Waals surface area contributed by atoms with Gasteiger partial charge in [0, 0.05) is 37.9 Å². The first-order valence-corrected chi connectivity index (χ1v) is 10.7. The summed E-state index contributed by atoms with van der Waals surface area (Å²) < 4.78 is 22.5. The Kier molecular flexibility index (Phi) is 5.72. The number of amides is 2. The molecular weight excluding hydrogens is 414 g/mol. The molecule has 2 aromatic carbocycles. The van der Waals surface area contributed by atoms with E-state index in [4.69, 9.17) is 18.9 Å². The predicted octanol–water partition coefficient (Wildman–Crippen LogP) is 1.38. The molecule has 0 saturated carbocycles. The second-order valence-corrected chi connectivity index (χ2v) is 7.87. The minimum absolute atomic E-state index is 0.0834. The quantitative estimate of drug-likeness (QED) is 0.770. The van der Waals surface area contributed by atoms with E-state index in [2.05, 4.69) is 5.32 Å². The van der Waals surface area contributed by atoms with E-state index in [1.807, 2.05) is 23.1 Å². The van der Waals surface area contributed by atoms with Crippen molar-refractivity contribution in [2.45, 2.75) is 6.10 Å². The molecule has 1 N–H and O–H groups in total. The van der Waals surface area contributed by atoms with Crippen molar-refractivity contribution >= 4 is 17.5 Å². The number of nitrogens with one attached hydrogen (secondary N) is 1. The summed E-state index contributed by atoms with van der Waals surface area (Å²) in [6, 6.07) is 12.7. The highest BCUT2D eigenvalue weighted by atomic mass is 16.6. The van der Waals surface area contributed by atoms with E-state index >= 15 is 0 Å². The maximum atomic E-state index is 12.9. The fraction of sp³-hybridized carbons (Fsp3) is 0.391. The molecular formula is C23H25N3O6. The maximum Gasteiger partial charge on any atom is 0.267 e. The third-order valence-electron chi connectivity index (χ3n) is 5.66. The number of benzene rings is 2. The summed E-state index contributed by atoms with van der Waals surface area (Å²) in [4.78, 5) is 29.1. The van der Waals surface area contributed by atoms with Crippen molar-refractivity contribution in [1.82, 2.24) is 9.80 Å². The van der Waals surface area contributed by atoms with Gasteiger partial charge in [0.2, 0.25) is 12.0 Å². The van der Waals surface area contributed by atoms with Gasteiger partial charge in [-0.3, -0.25) is 14.5 Å². The molecule has 0 bridgehead atoms. The fourth-order valence-corrected chi connectivity index (χ4v) is 4.00. The number of piperazine rings is 1. The van der Waals surface area contributed by atoms with Crippen LogP contribution in [-0.2, 0) is 9.59 Å². The summed E-state index contributed by atoms with van der Waals surface area (Å²) >= 11 is 0. The number of rotatable bonds is 4. The molecule has 168 valence electrons. The van der Waals surface area contributed by atoms with Crippen LogP contribution in [0.4, 0.5) is 5.69 Å². The largest absolute Gasteiger partial charge is 0.486 e. The van der Waals surface area contributed by atoms with Crippen molar-refractivity contribution in [1.29, 1.82) is 0 Å². The molecule has 0 spiro atoms. The zero-order chi connectivity index (χ0) is 21.9. The summed E-state index contributed by atoms with van der Waals surface area (Å²) in [7, 11) is 0. The smallest absolute Gasteiger partial charge is 0.267 e. The van der Waals surface area contributed by atoms with Crippen LogP contribution in [-0.4, -0.2) is 80.3 Å². The second-order valence-electron chi connectivity index (χ2n) is 7.87. The normalized spacial score (nSPS) is 19.9. The summed E-state index contributed by atoms with van der Waals surface area (Å²) in [5, 5.41) is 2.90. The molecule has 1 saturated heterocycles. The molecule has 3 aliphatic heterocycles.